The molecule has 2 rings (SSSR count). The van der Waals surface area contributed by atoms with E-state index in [0.717, 1.165) is 24.0 Å². The molecule has 0 aliphatic carbocycles. The molecule has 2 nitrogen and oxygen atoms in total. The van der Waals surface area contributed by atoms with Crippen molar-refractivity contribution in [2.75, 3.05) is 6.54 Å². The van der Waals surface area contributed by atoms with Gasteiger partial charge in [0.05, 0.1) is 16.3 Å². The van der Waals surface area contributed by atoms with Crippen molar-refractivity contribution in [3.05, 3.63) is 34.0 Å². The van der Waals surface area contributed by atoms with E-state index in [9.17, 15) is 0 Å². The molecule has 0 radical (unpaired) electrons. The van der Waals surface area contributed by atoms with Crippen molar-refractivity contribution < 1.29 is 4.42 Å². The lowest BCUT2D eigenvalue weighted by atomic mass is 10.1. The van der Waals surface area contributed by atoms with Gasteiger partial charge in [0, 0.05) is 17.5 Å². The fourth-order valence-electron chi connectivity index (χ4n) is 1.76. The molecule has 0 bridgehead atoms. The standard InChI is InChI=1S/C13H15Cl2NO/c1-8(2)5-16-6-9-7-17-13-11(15)4-3-10(14)12(9)13/h3-4,7-8,16H,5-6H2,1-2H3. The Morgan fingerprint density at radius 3 is 2.65 bits per heavy atom. The summed E-state index contributed by atoms with van der Waals surface area (Å²) >= 11 is 12.2. The lowest BCUT2D eigenvalue weighted by Gasteiger charge is -2.06. The zero-order chi connectivity index (χ0) is 12.4. The van der Waals surface area contributed by atoms with Gasteiger partial charge in [0.15, 0.2) is 5.58 Å². The fraction of sp³-hybridized carbons (Fsp3) is 0.385. The molecule has 1 heterocycles. The third kappa shape index (κ3) is 2.76. The van der Waals surface area contributed by atoms with Crippen LogP contribution in [0.2, 0.25) is 10.0 Å². The van der Waals surface area contributed by atoms with Crippen LogP contribution in [0.3, 0.4) is 0 Å². The molecule has 0 spiro atoms. The van der Waals surface area contributed by atoms with E-state index in [2.05, 4.69) is 19.2 Å². The van der Waals surface area contributed by atoms with E-state index < -0.39 is 0 Å². The average Bonchev–Trinajstić information content (AvgIpc) is 2.68. The van der Waals surface area contributed by atoms with Crippen LogP contribution < -0.4 is 5.32 Å². The van der Waals surface area contributed by atoms with Gasteiger partial charge in [-0.05, 0) is 24.6 Å². The topological polar surface area (TPSA) is 25.2 Å². The van der Waals surface area contributed by atoms with Crippen LogP contribution in [0, 0.1) is 5.92 Å². The second kappa shape index (κ2) is 5.30. The first-order chi connectivity index (χ1) is 8.09. The van der Waals surface area contributed by atoms with Gasteiger partial charge < -0.3 is 9.73 Å². The van der Waals surface area contributed by atoms with Crippen molar-refractivity contribution in [1.82, 2.24) is 5.32 Å². The molecule has 0 fully saturated rings. The quantitative estimate of drug-likeness (QED) is 0.887. The summed E-state index contributed by atoms with van der Waals surface area (Å²) < 4.78 is 5.46. The molecule has 0 aliphatic rings. The van der Waals surface area contributed by atoms with Crippen molar-refractivity contribution in [1.29, 1.82) is 0 Å². The first-order valence-corrected chi connectivity index (χ1v) is 6.40. The molecule has 1 aromatic carbocycles. The maximum atomic E-state index is 6.17. The van der Waals surface area contributed by atoms with Crippen molar-refractivity contribution in [2.24, 2.45) is 5.92 Å². The zero-order valence-electron chi connectivity index (χ0n) is 9.89. The minimum atomic E-state index is 0.597. The molecule has 1 aromatic heterocycles. The number of nitrogens with one attached hydrogen (secondary N) is 1. The highest BCUT2D eigenvalue weighted by Gasteiger charge is 2.12. The number of hydrogen-bond donors (Lipinski definition) is 1. The summed E-state index contributed by atoms with van der Waals surface area (Å²) in [6.07, 6.45) is 1.72. The zero-order valence-corrected chi connectivity index (χ0v) is 11.4. The van der Waals surface area contributed by atoms with Gasteiger partial charge in [-0.2, -0.15) is 0 Å². The predicted octanol–water partition coefficient (Wildman–Crippen LogP) is 4.49. The van der Waals surface area contributed by atoms with Crippen LogP contribution in [0.4, 0.5) is 0 Å². The summed E-state index contributed by atoms with van der Waals surface area (Å²) in [4.78, 5) is 0. The normalized spacial score (nSPS) is 11.6. The van der Waals surface area contributed by atoms with Gasteiger partial charge in [-0.3, -0.25) is 0 Å². The number of halogens is 2. The van der Waals surface area contributed by atoms with Crippen molar-refractivity contribution in [3.63, 3.8) is 0 Å². The largest absolute Gasteiger partial charge is 0.462 e. The van der Waals surface area contributed by atoms with Gasteiger partial charge >= 0.3 is 0 Å². The summed E-state index contributed by atoms with van der Waals surface area (Å²) in [6.45, 7) is 6.05. The molecule has 0 saturated heterocycles. The average molecular weight is 272 g/mol. The van der Waals surface area contributed by atoms with E-state index in [-0.39, 0.29) is 0 Å². The summed E-state index contributed by atoms with van der Waals surface area (Å²) in [6, 6.07) is 3.55. The molecule has 1 N–H and O–H groups in total. The summed E-state index contributed by atoms with van der Waals surface area (Å²) in [5.74, 6) is 0.618. The lowest BCUT2D eigenvalue weighted by molar-refractivity contribution is 0.547. The van der Waals surface area contributed by atoms with Crippen LogP contribution in [0.5, 0.6) is 0 Å². The Morgan fingerprint density at radius 2 is 1.94 bits per heavy atom. The minimum absolute atomic E-state index is 0.597. The van der Waals surface area contributed by atoms with Crippen LogP contribution in [-0.2, 0) is 6.54 Å². The second-order valence-corrected chi connectivity index (χ2v) is 5.33. The second-order valence-electron chi connectivity index (χ2n) is 4.52. The van der Waals surface area contributed by atoms with Crippen molar-refractivity contribution >= 4 is 34.2 Å². The summed E-state index contributed by atoms with van der Waals surface area (Å²) in [7, 11) is 0. The fourth-order valence-corrected chi connectivity index (χ4v) is 2.23. The van der Waals surface area contributed by atoms with Gasteiger partial charge in [0.2, 0.25) is 0 Å². The highest BCUT2D eigenvalue weighted by molar-refractivity contribution is 6.39. The third-order valence-corrected chi connectivity index (χ3v) is 3.18. The number of hydrogen-bond acceptors (Lipinski definition) is 2. The Balaban J connectivity index is 2.26. The number of fused-ring (bicyclic) bond motifs is 1. The smallest absolute Gasteiger partial charge is 0.154 e. The Hall–Kier alpha value is -0.700. The number of furan rings is 1. The van der Waals surface area contributed by atoms with Gasteiger partial charge in [-0.1, -0.05) is 37.0 Å². The minimum Gasteiger partial charge on any atom is -0.462 e. The summed E-state index contributed by atoms with van der Waals surface area (Å²) in [5.41, 5.74) is 1.72. The van der Waals surface area contributed by atoms with Crippen molar-refractivity contribution in [3.8, 4) is 0 Å². The molecule has 0 unspecified atom stereocenters. The van der Waals surface area contributed by atoms with Crippen LogP contribution in [0.25, 0.3) is 11.0 Å². The highest BCUT2D eigenvalue weighted by Crippen LogP contribution is 2.33. The molecule has 4 heteroatoms. The van der Waals surface area contributed by atoms with Gasteiger partial charge in [0.1, 0.15) is 0 Å². The van der Waals surface area contributed by atoms with E-state index in [4.69, 9.17) is 27.6 Å². The first-order valence-electron chi connectivity index (χ1n) is 5.64. The molecular weight excluding hydrogens is 257 g/mol. The van der Waals surface area contributed by atoms with E-state index in [1.54, 1.807) is 18.4 Å². The SMILES string of the molecule is CC(C)CNCc1coc2c(Cl)ccc(Cl)c12. The van der Waals surface area contributed by atoms with Gasteiger partial charge in [0.25, 0.3) is 0 Å². The Morgan fingerprint density at radius 1 is 1.24 bits per heavy atom. The maximum Gasteiger partial charge on any atom is 0.154 e. The van der Waals surface area contributed by atoms with Crippen LogP contribution in [-0.4, -0.2) is 6.54 Å². The van der Waals surface area contributed by atoms with E-state index in [0.29, 0.717) is 21.5 Å². The van der Waals surface area contributed by atoms with E-state index in [1.807, 2.05) is 0 Å². The first kappa shape index (κ1) is 12.7. The Bertz CT molecular complexity index is 519. The number of benzene rings is 1. The van der Waals surface area contributed by atoms with E-state index in [1.165, 1.54) is 0 Å². The van der Waals surface area contributed by atoms with Crippen LogP contribution in [0.15, 0.2) is 22.8 Å². The molecule has 0 amide bonds. The third-order valence-electron chi connectivity index (χ3n) is 2.57. The van der Waals surface area contributed by atoms with Crippen LogP contribution in [0.1, 0.15) is 19.4 Å². The molecule has 0 aliphatic heterocycles. The number of rotatable bonds is 4. The molecule has 92 valence electrons. The Labute approximate surface area is 111 Å². The molecule has 0 atom stereocenters. The maximum absolute atomic E-state index is 6.17. The van der Waals surface area contributed by atoms with Gasteiger partial charge in [-0.15, -0.1) is 0 Å². The molecular formula is C13H15Cl2NO. The predicted molar refractivity (Wildman–Crippen MR) is 72.8 cm³/mol. The lowest BCUT2D eigenvalue weighted by Crippen LogP contribution is -2.18. The molecule has 2 aromatic rings. The summed E-state index contributed by atoms with van der Waals surface area (Å²) in [5, 5.41) is 5.55. The Kier molecular flexibility index (Phi) is 3.97. The van der Waals surface area contributed by atoms with Crippen LogP contribution >= 0.6 is 23.2 Å². The monoisotopic (exact) mass is 271 g/mol. The highest BCUT2D eigenvalue weighted by atomic mass is 35.5. The molecule has 0 saturated carbocycles. The molecule has 17 heavy (non-hydrogen) atoms. The van der Waals surface area contributed by atoms with Crippen molar-refractivity contribution in [2.45, 2.75) is 20.4 Å². The van der Waals surface area contributed by atoms with Gasteiger partial charge in [-0.25, -0.2) is 0 Å². The van der Waals surface area contributed by atoms with E-state index >= 15 is 0 Å².